The van der Waals surface area contributed by atoms with Crippen LogP contribution in [0.4, 0.5) is 0 Å². The first-order valence-electron chi connectivity index (χ1n) is 5.92. The first-order chi connectivity index (χ1) is 7.97. The molecule has 0 saturated carbocycles. The normalized spacial score (nSPS) is 17.1. The van der Waals surface area contributed by atoms with E-state index in [4.69, 9.17) is 5.73 Å². The average Bonchev–Trinajstić information content (AvgIpc) is 2.64. The third-order valence-electron chi connectivity index (χ3n) is 3.11. The zero-order chi connectivity index (χ0) is 13.0. The molecule has 17 heavy (non-hydrogen) atoms. The Labute approximate surface area is 109 Å². The minimum absolute atomic E-state index is 0.0912. The van der Waals surface area contributed by atoms with Crippen molar-refractivity contribution in [2.75, 3.05) is 19.1 Å². The van der Waals surface area contributed by atoms with Gasteiger partial charge in [0.15, 0.2) is 0 Å². The van der Waals surface area contributed by atoms with Gasteiger partial charge < -0.3 is 5.73 Å². The molecule has 0 amide bonds. The number of hydrogen-bond donors (Lipinski definition) is 1. The van der Waals surface area contributed by atoms with Crippen molar-refractivity contribution in [2.24, 2.45) is 12.8 Å². The maximum absolute atomic E-state index is 6.13. The van der Waals surface area contributed by atoms with E-state index in [1.54, 1.807) is 0 Å². The van der Waals surface area contributed by atoms with Crippen LogP contribution in [0.5, 0.6) is 0 Å². The summed E-state index contributed by atoms with van der Waals surface area (Å²) in [5.41, 5.74) is 7.32. The van der Waals surface area contributed by atoms with Crippen molar-refractivity contribution in [2.45, 2.75) is 32.0 Å². The highest BCUT2D eigenvalue weighted by atomic mass is 32.2. The molecule has 0 fully saturated rings. The topological polar surface area (TPSA) is 47.1 Å². The van der Waals surface area contributed by atoms with Crippen LogP contribution in [0.15, 0.2) is 12.4 Å². The molecule has 0 radical (unpaired) electrons. The van der Waals surface area contributed by atoms with Gasteiger partial charge in [-0.1, -0.05) is 0 Å². The summed E-state index contributed by atoms with van der Waals surface area (Å²) in [5, 5.41) is 4.24. The maximum Gasteiger partial charge on any atom is 0.0538 e. The summed E-state index contributed by atoms with van der Waals surface area (Å²) >= 11 is 1.86. The van der Waals surface area contributed by atoms with Crippen molar-refractivity contribution >= 4 is 11.8 Å². The van der Waals surface area contributed by atoms with Gasteiger partial charge in [0.05, 0.1) is 12.2 Å². The average molecular weight is 256 g/mol. The van der Waals surface area contributed by atoms with Gasteiger partial charge in [0.1, 0.15) is 0 Å². The first-order valence-corrected chi connectivity index (χ1v) is 7.31. The number of nitrogens with two attached hydrogens (primary N) is 1. The number of hydrogen-bond acceptors (Lipinski definition) is 4. The van der Waals surface area contributed by atoms with Gasteiger partial charge in [0, 0.05) is 36.6 Å². The summed E-state index contributed by atoms with van der Waals surface area (Å²) in [6.07, 6.45) is 6.10. The van der Waals surface area contributed by atoms with E-state index in [-0.39, 0.29) is 12.1 Å². The fraction of sp³-hybridized carbons (Fsp3) is 0.750. The predicted molar refractivity (Wildman–Crippen MR) is 75.2 cm³/mol. The van der Waals surface area contributed by atoms with E-state index in [0.29, 0.717) is 6.04 Å². The van der Waals surface area contributed by atoms with E-state index < -0.39 is 0 Å². The first kappa shape index (κ1) is 14.5. The molecule has 1 aromatic heterocycles. The van der Waals surface area contributed by atoms with Crippen LogP contribution < -0.4 is 5.73 Å². The summed E-state index contributed by atoms with van der Waals surface area (Å²) in [6.45, 7) is 4.29. The molecule has 5 heteroatoms. The largest absolute Gasteiger partial charge is 0.326 e. The molecule has 0 aromatic carbocycles. The Hall–Kier alpha value is -0.520. The SMILES string of the molecule is CSCC(C)N(C)C(c1cnn(C)c1)C(C)N. The van der Waals surface area contributed by atoms with Crippen LogP contribution in [0.25, 0.3) is 0 Å². The van der Waals surface area contributed by atoms with Gasteiger partial charge in [0.25, 0.3) is 0 Å². The molecule has 0 spiro atoms. The lowest BCUT2D eigenvalue weighted by Crippen LogP contribution is -2.42. The molecule has 1 heterocycles. The molecule has 3 atom stereocenters. The second-order valence-corrected chi connectivity index (χ2v) is 5.63. The highest BCUT2D eigenvalue weighted by molar-refractivity contribution is 7.98. The molecular weight excluding hydrogens is 232 g/mol. The van der Waals surface area contributed by atoms with Gasteiger partial charge in [-0.2, -0.15) is 16.9 Å². The summed E-state index contributed by atoms with van der Waals surface area (Å²) in [5.74, 6) is 1.11. The van der Waals surface area contributed by atoms with Crippen LogP contribution in [0.2, 0.25) is 0 Å². The fourth-order valence-electron chi connectivity index (χ4n) is 2.14. The van der Waals surface area contributed by atoms with E-state index >= 15 is 0 Å². The lowest BCUT2D eigenvalue weighted by molar-refractivity contribution is 0.178. The lowest BCUT2D eigenvalue weighted by Gasteiger charge is -2.34. The predicted octanol–water partition coefficient (Wildman–Crippen LogP) is 1.49. The van der Waals surface area contributed by atoms with Crippen molar-refractivity contribution in [3.8, 4) is 0 Å². The number of aromatic nitrogens is 2. The molecule has 0 saturated heterocycles. The molecule has 0 aliphatic rings. The molecular formula is C12H24N4S. The molecule has 2 N–H and O–H groups in total. The van der Waals surface area contributed by atoms with E-state index in [9.17, 15) is 0 Å². The quantitative estimate of drug-likeness (QED) is 0.838. The zero-order valence-electron chi connectivity index (χ0n) is 11.4. The van der Waals surface area contributed by atoms with Crippen LogP contribution in [0.1, 0.15) is 25.5 Å². The van der Waals surface area contributed by atoms with Gasteiger partial charge in [-0.3, -0.25) is 9.58 Å². The minimum atomic E-state index is 0.0912. The molecule has 98 valence electrons. The molecule has 0 aliphatic carbocycles. The summed E-state index contributed by atoms with van der Waals surface area (Å²) < 4.78 is 1.83. The Balaban J connectivity index is 2.86. The van der Waals surface area contributed by atoms with Gasteiger partial charge in [-0.05, 0) is 27.2 Å². The van der Waals surface area contributed by atoms with E-state index in [1.807, 2.05) is 29.7 Å². The molecule has 3 unspecified atom stereocenters. The molecule has 0 bridgehead atoms. The second-order valence-electron chi connectivity index (χ2n) is 4.72. The van der Waals surface area contributed by atoms with Crippen molar-refractivity contribution in [1.29, 1.82) is 0 Å². The van der Waals surface area contributed by atoms with Crippen LogP contribution >= 0.6 is 11.8 Å². The van der Waals surface area contributed by atoms with Crippen LogP contribution in [-0.2, 0) is 7.05 Å². The van der Waals surface area contributed by atoms with Crippen molar-refractivity contribution in [3.63, 3.8) is 0 Å². The summed E-state index contributed by atoms with van der Waals surface area (Å²) in [7, 11) is 4.08. The lowest BCUT2D eigenvalue weighted by atomic mass is 10.0. The fourth-order valence-corrected chi connectivity index (χ4v) is 2.85. The number of aryl methyl sites for hydroxylation is 1. The van der Waals surface area contributed by atoms with Crippen molar-refractivity contribution in [1.82, 2.24) is 14.7 Å². The van der Waals surface area contributed by atoms with Crippen LogP contribution in [0.3, 0.4) is 0 Å². The van der Waals surface area contributed by atoms with Gasteiger partial charge >= 0.3 is 0 Å². The van der Waals surface area contributed by atoms with Crippen LogP contribution in [0, 0.1) is 0 Å². The van der Waals surface area contributed by atoms with Crippen molar-refractivity contribution < 1.29 is 0 Å². The number of nitrogens with zero attached hydrogens (tertiary/aromatic N) is 3. The second kappa shape index (κ2) is 6.42. The van der Waals surface area contributed by atoms with Crippen molar-refractivity contribution in [3.05, 3.63) is 18.0 Å². The van der Waals surface area contributed by atoms with E-state index in [2.05, 4.69) is 43.3 Å². The Kier molecular flexibility index (Phi) is 5.49. The Morgan fingerprint density at radius 3 is 2.59 bits per heavy atom. The third-order valence-corrected chi connectivity index (χ3v) is 3.92. The highest BCUT2D eigenvalue weighted by Crippen LogP contribution is 2.24. The molecule has 0 aliphatic heterocycles. The van der Waals surface area contributed by atoms with Gasteiger partial charge in [-0.25, -0.2) is 0 Å². The monoisotopic (exact) mass is 256 g/mol. The smallest absolute Gasteiger partial charge is 0.0538 e. The maximum atomic E-state index is 6.13. The van der Waals surface area contributed by atoms with Crippen LogP contribution in [-0.4, -0.2) is 45.8 Å². The summed E-state index contributed by atoms with van der Waals surface area (Å²) in [6, 6.07) is 0.820. The Bertz CT molecular complexity index is 337. The minimum Gasteiger partial charge on any atom is -0.326 e. The molecule has 1 rings (SSSR count). The Morgan fingerprint density at radius 2 is 2.18 bits per heavy atom. The zero-order valence-corrected chi connectivity index (χ0v) is 12.2. The van der Waals surface area contributed by atoms with E-state index in [0.717, 1.165) is 5.75 Å². The Morgan fingerprint density at radius 1 is 1.53 bits per heavy atom. The van der Waals surface area contributed by atoms with Gasteiger partial charge in [-0.15, -0.1) is 0 Å². The summed E-state index contributed by atoms with van der Waals surface area (Å²) in [4.78, 5) is 2.35. The number of rotatable bonds is 6. The highest BCUT2D eigenvalue weighted by Gasteiger charge is 2.25. The van der Waals surface area contributed by atoms with E-state index in [1.165, 1.54) is 5.56 Å². The standard InChI is InChI=1S/C12H24N4S/c1-9(8-17-5)16(4)12(10(2)13)11-6-14-15(3)7-11/h6-7,9-10,12H,8,13H2,1-5H3. The molecule has 1 aromatic rings. The molecule has 4 nitrogen and oxygen atoms in total. The number of thioether (sulfide) groups is 1. The third kappa shape index (κ3) is 3.72. The van der Waals surface area contributed by atoms with Gasteiger partial charge in [0.2, 0.25) is 0 Å². The number of likely N-dealkylation sites (N-methyl/N-ethyl adjacent to an activating group) is 1.